The van der Waals surface area contributed by atoms with E-state index in [0.717, 1.165) is 11.1 Å². The van der Waals surface area contributed by atoms with Crippen molar-refractivity contribution in [2.75, 3.05) is 10.7 Å². The van der Waals surface area contributed by atoms with E-state index in [1.54, 1.807) is 23.1 Å². The van der Waals surface area contributed by atoms with Gasteiger partial charge in [-0.05, 0) is 36.3 Å². The van der Waals surface area contributed by atoms with Gasteiger partial charge in [0.15, 0.2) is 5.17 Å². The maximum atomic E-state index is 12.9. The highest BCUT2D eigenvalue weighted by atomic mass is 35.5. The van der Waals surface area contributed by atoms with Crippen LogP contribution in [-0.2, 0) is 4.79 Å². The summed E-state index contributed by atoms with van der Waals surface area (Å²) in [6.45, 7) is 5.67. The number of amides is 1. The number of aliphatic imine (C=N–C) groups is 1. The van der Waals surface area contributed by atoms with Crippen LogP contribution in [0.1, 0.15) is 11.1 Å². The lowest BCUT2D eigenvalue weighted by molar-refractivity contribution is -0.113. The molecule has 0 spiro atoms. The highest BCUT2D eigenvalue weighted by Crippen LogP contribution is 2.31. The van der Waals surface area contributed by atoms with Crippen molar-refractivity contribution in [1.82, 2.24) is 0 Å². The highest BCUT2D eigenvalue weighted by molar-refractivity contribution is 8.14. The number of nitrogens with zero attached hydrogens (tertiary/aromatic N) is 2. The second kappa shape index (κ2) is 7.72. The fourth-order valence-corrected chi connectivity index (χ4v) is 3.30. The number of halogens is 1. The smallest absolute Gasteiger partial charge is 0.266 e. The van der Waals surface area contributed by atoms with Gasteiger partial charge in [-0.1, -0.05) is 65.8 Å². The number of benzene rings is 2. The van der Waals surface area contributed by atoms with E-state index in [9.17, 15) is 4.79 Å². The molecular formula is C20H17ClN2OS. The van der Waals surface area contributed by atoms with Gasteiger partial charge in [-0.3, -0.25) is 9.69 Å². The van der Waals surface area contributed by atoms with Gasteiger partial charge in [-0.15, -0.1) is 6.58 Å². The molecule has 3 rings (SSSR count). The van der Waals surface area contributed by atoms with Gasteiger partial charge in [0.1, 0.15) is 5.70 Å². The Morgan fingerprint density at radius 1 is 1.24 bits per heavy atom. The minimum absolute atomic E-state index is 0.157. The average molecular weight is 369 g/mol. The molecule has 1 aliphatic heterocycles. The highest BCUT2D eigenvalue weighted by Gasteiger charge is 2.31. The molecule has 0 atom stereocenters. The molecule has 0 fully saturated rings. The van der Waals surface area contributed by atoms with Crippen molar-refractivity contribution in [3.05, 3.63) is 83.0 Å². The molecule has 5 heteroatoms. The summed E-state index contributed by atoms with van der Waals surface area (Å²) in [6.07, 6.45) is 3.59. The van der Waals surface area contributed by atoms with Crippen molar-refractivity contribution in [3.63, 3.8) is 0 Å². The first-order valence-electron chi connectivity index (χ1n) is 7.80. The number of carbonyl (C=O) groups is 1. The number of aryl methyl sites for hydroxylation is 1. The second-order valence-electron chi connectivity index (χ2n) is 5.51. The van der Waals surface area contributed by atoms with Crippen molar-refractivity contribution >= 4 is 46.2 Å². The van der Waals surface area contributed by atoms with Crippen LogP contribution in [0.4, 0.5) is 5.69 Å². The summed E-state index contributed by atoms with van der Waals surface area (Å²) in [6, 6.07) is 15.3. The van der Waals surface area contributed by atoms with E-state index in [1.165, 1.54) is 11.8 Å². The summed E-state index contributed by atoms with van der Waals surface area (Å²) in [4.78, 5) is 19.1. The molecule has 0 radical (unpaired) electrons. The van der Waals surface area contributed by atoms with E-state index >= 15 is 0 Å². The van der Waals surface area contributed by atoms with E-state index in [0.29, 0.717) is 27.3 Å². The number of anilines is 1. The SMILES string of the molecule is C=CCSC1=N/C(=C\c2ccccc2)C(=O)N1c1ccc(C)c(Cl)c1. The Hall–Kier alpha value is -2.30. The maximum Gasteiger partial charge on any atom is 0.283 e. The largest absolute Gasteiger partial charge is 0.283 e. The Balaban J connectivity index is 2.00. The average Bonchev–Trinajstić information content (AvgIpc) is 2.92. The Bertz CT molecular complexity index is 875. The molecular weight excluding hydrogens is 352 g/mol. The van der Waals surface area contributed by atoms with Crippen LogP contribution in [0.3, 0.4) is 0 Å². The van der Waals surface area contributed by atoms with E-state index in [4.69, 9.17) is 11.6 Å². The van der Waals surface area contributed by atoms with Gasteiger partial charge in [0.2, 0.25) is 0 Å². The second-order valence-corrected chi connectivity index (χ2v) is 6.90. The topological polar surface area (TPSA) is 32.7 Å². The lowest BCUT2D eigenvalue weighted by atomic mass is 10.2. The summed E-state index contributed by atoms with van der Waals surface area (Å²) in [5.74, 6) is 0.510. The molecule has 2 aromatic rings. The Kier molecular flexibility index (Phi) is 5.41. The van der Waals surface area contributed by atoms with Gasteiger partial charge in [0.25, 0.3) is 5.91 Å². The van der Waals surface area contributed by atoms with Crippen molar-refractivity contribution in [1.29, 1.82) is 0 Å². The number of amidine groups is 1. The fraction of sp³-hybridized carbons (Fsp3) is 0.100. The summed E-state index contributed by atoms with van der Waals surface area (Å²) >= 11 is 7.71. The molecule has 0 saturated heterocycles. The summed E-state index contributed by atoms with van der Waals surface area (Å²) in [5.41, 5.74) is 3.03. The van der Waals surface area contributed by atoms with Gasteiger partial charge in [0, 0.05) is 10.8 Å². The third kappa shape index (κ3) is 3.86. The van der Waals surface area contributed by atoms with Gasteiger partial charge in [0.05, 0.1) is 5.69 Å². The van der Waals surface area contributed by atoms with E-state index in [2.05, 4.69) is 11.6 Å². The molecule has 0 bridgehead atoms. The van der Waals surface area contributed by atoms with E-state index < -0.39 is 0 Å². The standard InChI is InChI=1S/C20H17ClN2OS/c1-3-11-25-20-22-18(12-15-7-5-4-6-8-15)19(24)23(20)16-10-9-14(2)17(21)13-16/h3-10,12-13H,1,11H2,2H3/b18-12-. The number of carbonyl (C=O) groups excluding carboxylic acids is 1. The monoisotopic (exact) mass is 368 g/mol. The lowest BCUT2D eigenvalue weighted by Crippen LogP contribution is -2.30. The zero-order valence-corrected chi connectivity index (χ0v) is 15.3. The molecule has 1 amide bonds. The van der Waals surface area contributed by atoms with Crippen LogP contribution in [0.15, 0.2) is 71.9 Å². The predicted octanol–water partition coefficient (Wildman–Crippen LogP) is 5.31. The summed E-state index contributed by atoms with van der Waals surface area (Å²) in [5, 5.41) is 1.26. The van der Waals surface area contributed by atoms with Crippen molar-refractivity contribution in [2.24, 2.45) is 4.99 Å². The van der Waals surface area contributed by atoms with Gasteiger partial charge in [-0.25, -0.2) is 4.99 Å². The van der Waals surface area contributed by atoms with Crippen LogP contribution >= 0.6 is 23.4 Å². The zero-order valence-electron chi connectivity index (χ0n) is 13.8. The normalized spacial score (nSPS) is 15.6. The van der Waals surface area contributed by atoms with Gasteiger partial charge < -0.3 is 0 Å². The maximum absolute atomic E-state index is 12.9. The summed E-state index contributed by atoms with van der Waals surface area (Å²) in [7, 11) is 0. The van der Waals surface area contributed by atoms with Gasteiger partial charge >= 0.3 is 0 Å². The van der Waals surface area contributed by atoms with E-state index in [1.807, 2.05) is 49.4 Å². The molecule has 0 aromatic heterocycles. The molecule has 0 aliphatic carbocycles. The number of rotatable bonds is 4. The minimum Gasteiger partial charge on any atom is -0.266 e. The third-order valence-corrected chi connectivity index (χ3v) is 5.02. The van der Waals surface area contributed by atoms with Crippen LogP contribution in [0.2, 0.25) is 5.02 Å². The van der Waals surface area contributed by atoms with Crippen molar-refractivity contribution in [3.8, 4) is 0 Å². The number of hydrogen-bond donors (Lipinski definition) is 0. The lowest BCUT2D eigenvalue weighted by Gasteiger charge is -2.18. The zero-order chi connectivity index (χ0) is 17.8. The number of hydrogen-bond acceptors (Lipinski definition) is 3. The first-order chi connectivity index (χ1) is 12.1. The third-order valence-electron chi connectivity index (χ3n) is 3.68. The first kappa shape index (κ1) is 17.5. The molecule has 0 N–H and O–H groups in total. The van der Waals surface area contributed by atoms with Crippen LogP contribution in [-0.4, -0.2) is 16.8 Å². The van der Waals surface area contributed by atoms with Crippen LogP contribution < -0.4 is 4.90 Å². The molecule has 0 unspecified atom stereocenters. The molecule has 25 heavy (non-hydrogen) atoms. The first-order valence-corrected chi connectivity index (χ1v) is 9.16. The van der Waals surface area contributed by atoms with Gasteiger partial charge in [-0.2, -0.15) is 0 Å². The molecule has 0 saturated carbocycles. The molecule has 3 nitrogen and oxygen atoms in total. The predicted molar refractivity (Wildman–Crippen MR) is 108 cm³/mol. The van der Waals surface area contributed by atoms with Crippen molar-refractivity contribution in [2.45, 2.75) is 6.92 Å². The van der Waals surface area contributed by atoms with Crippen molar-refractivity contribution < 1.29 is 4.79 Å². The minimum atomic E-state index is -0.157. The quantitative estimate of drug-likeness (QED) is 0.541. The fourth-order valence-electron chi connectivity index (χ4n) is 2.38. The summed E-state index contributed by atoms with van der Waals surface area (Å²) < 4.78 is 0. The molecule has 2 aromatic carbocycles. The molecule has 126 valence electrons. The Morgan fingerprint density at radius 3 is 2.68 bits per heavy atom. The van der Waals surface area contributed by atoms with Crippen LogP contribution in [0.5, 0.6) is 0 Å². The Labute approximate surface area is 156 Å². The molecule has 1 heterocycles. The number of thioether (sulfide) groups is 1. The van der Waals surface area contributed by atoms with Crippen LogP contribution in [0, 0.1) is 6.92 Å². The van der Waals surface area contributed by atoms with Crippen LogP contribution in [0.25, 0.3) is 6.08 Å². The molecule has 1 aliphatic rings. The van der Waals surface area contributed by atoms with E-state index in [-0.39, 0.29) is 5.91 Å². The Morgan fingerprint density at radius 2 is 2.00 bits per heavy atom.